The highest BCUT2D eigenvalue weighted by atomic mass is 19.1. The van der Waals surface area contributed by atoms with Crippen LogP contribution in [-0.4, -0.2) is 78.3 Å². The summed E-state index contributed by atoms with van der Waals surface area (Å²) in [5, 5.41) is 17.7. The molecule has 1 aromatic carbocycles. The maximum atomic E-state index is 16.1. The molecule has 5 amide bonds. The standard InChI is InChI=1S/C22H22FN5O8/c1-8-5-27-14-10(4-22(16(27)9(2)34-8)18(30)24-20(32)25-19(22)31)3-12-15(13(14)23)36-26-17(12)28-6-11(7-29)35-21(28)33/h3,8-9,11,16,29H,4-7H2,1-2H3,(H2,24,25,30,31,32)/t8-,9+,11+,16-/m1/s1. The van der Waals surface area contributed by atoms with E-state index in [2.05, 4.69) is 15.8 Å². The molecule has 0 aliphatic carbocycles. The van der Waals surface area contributed by atoms with E-state index in [-0.39, 0.29) is 48.1 Å². The number of amides is 5. The lowest BCUT2D eigenvalue weighted by molar-refractivity contribution is -0.153. The highest BCUT2D eigenvalue weighted by Crippen LogP contribution is 2.49. The van der Waals surface area contributed by atoms with Gasteiger partial charge in [0.05, 0.1) is 42.5 Å². The Labute approximate surface area is 202 Å². The molecule has 13 nitrogen and oxygen atoms in total. The molecule has 14 heteroatoms. The number of aromatic nitrogens is 1. The van der Waals surface area contributed by atoms with Crippen molar-refractivity contribution in [2.24, 2.45) is 5.41 Å². The molecule has 2 aromatic rings. The van der Waals surface area contributed by atoms with Crippen molar-refractivity contribution in [2.75, 3.05) is 29.5 Å². The van der Waals surface area contributed by atoms with Gasteiger partial charge in [0.15, 0.2) is 17.1 Å². The number of hydrogen-bond acceptors (Lipinski definition) is 10. The fourth-order valence-corrected chi connectivity index (χ4v) is 5.92. The largest absolute Gasteiger partial charge is 0.441 e. The van der Waals surface area contributed by atoms with E-state index in [0.717, 1.165) is 4.90 Å². The van der Waals surface area contributed by atoms with E-state index < -0.39 is 60.0 Å². The number of aliphatic hydroxyl groups is 1. The molecule has 0 radical (unpaired) electrons. The van der Waals surface area contributed by atoms with Crippen molar-refractivity contribution in [3.63, 3.8) is 0 Å². The lowest BCUT2D eigenvalue weighted by Gasteiger charge is -2.55. The van der Waals surface area contributed by atoms with Gasteiger partial charge in [0, 0.05) is 13.0 Å². The third-order valence-electron chi connectivity index (χ3n) is 7.28. The predicted octanol–water partition coefficient (Wildman–Crippen LogP) is 0.175. The van der Waals surface area contributed by atoms with E-state index in [1.807, 2.05) is 0 Å². The van der Waals surface area contributed by atoms with Gasteiger partial charge in [0.25, 0.3) is 0 Å². The smallest absolute Gasteiger partial charge is 0.416 e. The average molecular weight is 503 g/mol. The molecule has 1 aromatic heterocycles. The van der Waals surface area contributed by atoms with Gasteiger partial charge in [-0.3, -0.25) is 25.1 Å². The van der Waals surface area contributed by atoms with Gasteiger partial charge >= 0.3 is 12.1 Å². The van der Waals surface area contributed by atoms with Gasteiger partial charge in [0.2, 0.25) is 17.4 Å². The zero-order valence-corrected chi connectivity index (χ0v) is 19.2. The second-order valence-corrected chi connectivity index (χ2v) is 9.51. The Morgan fingerprint density at radius 3 is 2.58 bits per heavy atom. The Kier molecular flexibility index (Phi) is 4.79. The van der Waals surface area contributed by atoms with Crippen LogP contribution in [0.3, 0.4) is 0 Å². The van der Waals surface area contributed by atoms with Gasteiger partial charge < -0.3 is 24.0 Å². The molecule has 1 spiro atoms. The number of hydrogen-bond donors (Lipinski definition) is 3. The van der Waals surface area contributed by atoms with Crippen LogP contribution in [0.2, 0.25) is 0 Å². The van der Waals surface area contributed by atoms with Crippen molar-refractivity contribution in [1.29, 1.82) is 0 Å². The second kappa shape index (κ2) is 7.61. The molecular weight excluding hydrogens is 481 g/mol. The molecule has 0 unspecified atom stereocenters. The predicted molar refractivity (Wildman–Crippen MR) is 118 cm³/mol. The number of imide groups is 2. The summed E-state index contributed by atoms with van der Waals surface area (Å²) in [7, 11) is 0. The van der Waals surface area contributed by atoms with Crippen molar-refractivity contribution >= 4 is 46.4 Å². The third kappa shape index (κ3) is 2.91. The molecule has 0 bridgehead atoms. The number of carbonyl (C=O) groups excluding carboxylic acids is 4. The number of benzene rings is 1. The van der Waals surface area contributed by atoms with E-state index in [0.29, 0.717) is 5.56 Å². The number of rotatable bonds is 2. The first-order chi connectivity index (χ1) is 17.1. The van der Waals surface area contributed by atoms with E-state index in [9.17, 15) is 24.3 Å². The summed E-state index contributed by atoms with van der Waals surface area (Å²) in [5.41, 5.74) is -1.56. The van der Waals surface area contributed by atoms with Gasteiger partial charge in [-0.2, -0.15) is 0 Å². The highest BCUT2D eigenvalue weighted by molar-refractivity contribution is 6.20. The van der Waals surface area contributed by atoms with Crippen molar-refractivity contribution in [3.8, 4) is 0 Å². The van der Waals surface area contributed by atoms with Crippen molar-refractivity contribution < 1.29 is 42.7 Å². The Morgan fingerprint density at radius 2 is 1.92 bits per heavy atom. The Bertz CT molecular complexity index is 1320. The number of ether oxygens (including phenoxy) is 2. The number of aliphatic hydroxyl groups excluding tert-OH is 1. The molecule has 6 rings (SSSR count). The molecule has 4 atom stereocenters. The van der Waals surface area contributed by atoms with Crippen LogP contribution in [0, 0.1) is 11.2 Å². The van der Waals surface area contributed by atoms with Crippen LogP contribution in [0.1, 0.15) is 19.4 Å². The van der Waals surface area contributed by atoms with E-state index in [1.165, 1.54) is 6.07 Å². The first-order valence-electron chi connectivity index (χ1n) is 11.4. The van der Waals surface area contributed by atoms with Gasteiger partial charge in [-0.25, -0.2) is 14.0 Å². The summed E-state index contributed by atoms with van der Waals surface area (Å²) in [6.07, 6.45) is -2.82. The molecule has 4 aliphatic rings. The molecule has 4 aliphatic heterocycles. The fraction of sp³-hybridized carbons (Fsp3) is 0.500. The van der Waals surface area contributed by atoms with E-state index in [4.69, 9.17) is 14.0 Å². The van der Waals surface area contributed by atoms with Gasteiger partial charge in [-0.05, 0) is 25.5 Å². The number of morpholine rings is 1. The van der Waals surface area contributed by atoms with Gasteiger partial charge in [-0.15, -0.1) is 0 Å². The van der Waals surface area contributed by atoms with Crippen LogP contribution in [0.5, 0.6) is 0 Å². The summed E-state index contributed by atoms with van der Waals surface area (Å²) in [6.45, 7) is 3.22. The highest BCUT2D eigenvalue weighted by Gasteiger charge is 2.63. The van der Waals surface area contributed by atoms with Crippen LogP contribution < -0.4 is 20.4 Å². The summed E-state index contributed by atoms with van der Waals surface area (Å²) in [4.78, 5) is 53.5. The molecule has 36 heavy (non-hydrogen) atoms. The molecule has 3 saturated heterocycles. The average Bonchev–Trinajstić information content (AvgIpc) is 3.39. The number of nitrogens with one attached hydrogen (secondary N) is 2. The zero-order chi connectivity index (χ0) is 25.5. The van der Waals surface area contributed by atoms with Crippen molar-refractivity contribution in [2.45, 2.75) is 44.6 Å². The number of carbonyl (C=O) groups is 4. The van der Waals surface area contributed by atoms with Gasteiger partial charge in [-0.1, -0.05) is 5.16 Å². The maximum absolute atomic E-state index is 16.1. The number of cyclic esters (lactones) is 1. The van der Waals surface area contributed by atoms with E-state index >= 15 is 4.39 Å². The Hall–Kier alpha value is -3.78. The number of anilines is 2. The number of fused-ring (bicyclic) bond motifs is 5. The first-order valence-corrected chi connectivity index (χ1v) is 11.4. The normalized spacial score (nSPS) is 29.2. The van der Waals surface area contributed by atoms with E-state index in [1.54, 1.807) is 18.7 Å². The SMILES string of the molecule is C[C@@H]1CN2c3c(cc4c(N5C[C@@H](CO)OC5=O)noc4c3F)CC3(C(=O)NC(=O)NC3=O)[C@H]2[C@H](C)O1. The molecule has 5 heterocycles. The Morgan fingerprint density at radius 1 is 1.19 bits per heavy atom. The number of urea groups is 1. The molecule has 3 N–H and O–H groups in total. The number of nitrogens with zero attached hydrogens (tertiary/aromatic N) is 3. The lowest BCUT2D eigenvalue weighted by atomic mass is 9.66. The van der Waals surface area contributed by atoms with Crippen molar-refractivity contribution in [3.05, 3.63) is 17.4 Å². The lowest BCUT2D eigenvalue weighted by Crippen LogP contribution is -2.75. The van der Waals surface area contributed by atoms with Crippen LogP contribution in [0.25, 0.3) is 11.0 Å². The summed E-state index contributed by atoms with van der Waals surface area (Å²) < 4.78 is 32.4. The van der Waals surface area contributed by atoms with Crippen molar-refractivity contribution in [1.82, 2.24) is 15.8 Å². The topological polar surface area (TPSA) is 164 Å². The summed E-state index contributed by atoms with van der Waals surface area (Å²) in [6, 6.07) is -0.319. The van der Waals surface area contributed by atoms with Crippen LogP contribution in [-0.2, 0) is 25.5 Å². The monoisotopic (exact) mass is 503 g/mol. The number of barbiturate groups is 1. The summed E-state index contributed by atoms with van der Waals surface area (Å²) >= 11 is 0. The number of halogens is 1. The molecule has 3 fully saturated rings. The molecule has 190 valence electrons. The van der Waals surface area contributed by atoms with Crippen LogP contribution >= 0.6 is 0 Å². The third-order valence-corrected chi connectivity index (χ3v) is 7.28. The zero-order valence-electron chi connectivity index (χ0n) is 19.2. The molecular formula is C22H22FN5O8. The fourth-order valence-electron chi connectivity index (χ4n) is 5.92. The Balaban J connectivity index is 1.55. The maximum Gasteiger partial charge on any atom is 0.416 e. The first kappa shape index (κ1) is 22.7. The minimum atomic E-state index is -1.79. The molecule has 0 saturated carbocycles. The summed E-state index contributed by atoms with van der Waals surface area (Å²) in [5.74, 6) is -2.38. The van der Waals surface area contributed by atoms with Crippen LogP contribution in [0.15, 0.2) is 10.6 Å². The quantitative estimate of drug-likeness (QED) is 0.482. The van der Waals surface area contributed by atoms with Crippen LogP contribution in [0.4, 0.5) is 25.5 Å². The second-order valence-electron chi connectivity index (χ2n) is 9.51. The minimum Gasteiger partial charge on any atom is -0.441 e. The van der Waals surface area contributed by atoms with Gasteiger partial charge in [0.1, 0.15) is 6.10 Å². The minimum absolute atomic E-state index is 0.0136.